The SMILES string of the molecule is Cc1cc(Br)cc(-n2c(N)nc3ccc(C)nc32)c1. The van der Waals surface area contributed by atoms with Gasteiger partial charge in [-0.15, -0.1) is 0 Å². The van der Waals surface area contributed by atoms with E-state index in [9.17, 15) is 0 Å². The lowest BCUT2D eigenvalue weighted by Crippen LogP contribution is -2.02. The summed E-state index contributed by atoms with van der Waals surface area (Å²) in [5.41, 5.74) is 10.7. The van der Waals surface area contributed by atoms with E-state index in [2.05, 4.69) is 38.0 Å². The highest BCUT2D eigenvalue weighted by molar-refractivity contribution is 9.10. The average Bonchev–Trinajstić information content (AvgIpc) is 2.63. The van der Waals surface area contributed by atoms with E-state index in [4.69, 9.17) is 5.73 Å². The lowest BCUT2D eigenvalue weighted by molar-refractivity contribution is 1.07. The van der Waals surface area contributed by atoms with Crippen molar-refractivity contribution in [2.75, 3.05) is 5.73 Å². The third kappa shape index (κ3) is 2.10. The third-order valence-electron chi connectivity index (χ3n) is 2.95. The second-order valence-electron chi connectivity index (χ2n) is 4.59. The first-order valence-electron chi connectivity index (χ1n) is 5.94. The minimum atomic E-state index is 0.450. The van der Waals surface area contributed by atoms with Gasteiger partial charge in [0.05, 0.1) is 5.69 Å². The normalized spacial score (nSPS) is 11.1. The number of rotatable bonds is 1. The molecule has 1 aromatic carbocycles. The Morgan fingerprint density at radius 3 is 2.63 bits per heavy atom. The fourth-order valence-corrected chi connectivity index (χ4v) is 2.77. The summed E-state index contributed by atoms with van der Waals surface area (Å²) in [5.74, 6) is 0.450. The van der Waals surface area contributed by atoms with Crippen LogP contribution in [-0.4, -0.2) is 14.5 Å². The fraction of sp³-hybridized carbons (Fsp3) is 0.143. The second-order valence-corrected chi connectivity index (χ2v) is 5.50. The highest BCUT2D eigenvalue weighted by Gasteiger charge is 2.12. The number of halogens is 1. The molecule has 2 aromatic heterocycles. The molecule has 96 valence electrons. The van der Waals surface area contributed by atoms with Crippen molar-refractivity contribution in [1.82, 2.24) is 14.5 Å². The maximum absolute atomic E-state index is 6.03. The van der Waals surface area contributed by atoms with Crippen LogP contribution in [0.3, 0.4) is 0 Å². The number of imidazole rings is 1. The van der Waals surface area contributed by atoms with Crippen LogP contribution in [0.15, 0.2) is 34.8 Å². The van der Waals surface area contributed by atoms with Crippen molar-refractivity contribution in [3.05, 3.63) is 46.1 Å². The molecule has 19 heavy (non-hydrogen) atoms. The summed E-state index contributed by atoms with van der Waals surface area (Å²) in [6, 6.07) is 10.00. The van der Waals surface area contributed by atoms with E-state index < -0.39 is 0 Å². The van der Waals surface area contributed by atoms with Crippen LogP contribution >= 0.6 is 15.9 Å². The molecule has 0 amide bonds. The van der Waals surface area contributed by atoms with Crippen molar-refractivity contribution in [2.45, 2.75) is 13.8 Å². The van der Waals surface area contributed by atoms with Crippen molar-refractivity contribution < 1.29 is 0 Å². The number of benzene rings is 1. The van der Waals surface area contributed by atoms with Crippen LogP contribution in [0.1, 0.15) is 11.3 Å². The van der Waals surface area contributed by atoms with E-state index >= 15 is 0 Å². The van der Waals surface area contributed by atoms with Gasteiger partial charge >= 0.3 is 0 Å². The minimum Gasteiger partial charge on any atom is -0.369 e. The Morgan fingerprint density at radius 2 is 1.89 bits per heavy atom. The molecule has 2 N–H and O–H groups in total. The van der Waals surface area contributed by atoms with Gasteiger partial charge in [-0.3, -0.25) is 4.57 Å². The summed E-state index contributed by atoms with van der Waals surface area (Å²) in [6.45, 7) is 4.00. The lowest BCUT2D eigenvalue weighted by Gasteiger charge is -2.08. The molecular weight excluding hydrogens is 304 g/mol. The Balaban J connectivity index is 2.35. The van der Waals surface area contributed by atoms with Crippen LogP contribution in [0.4, 0.5) is 5.95 Å². The number of hydrogen-bond donors (Lipinski definition) is 1. The van der Waals surface area contributed by atoms with Crippen molar-refractivity contribution in [1.29, 1.82) is 0 Å². The maximum Gasteiger partial charge on any atom is 0.207 e. The topological polar surface area (TPSA) is 56.7 Å². The first-order valence-corrected chi connectivity index (χ1v) is 6.73. The molecule has 0 unspecified atom stereocenters. The highest BCUT2D eigenvalue weighted by atomic mass is 79.9. The zero-order valence-corrected chi connectivity index (χ0v) is 12.3. The van der Waals surface area contributed by atoms with Gasteiger partial charge in [0, 0.05) is 10.2 Å². The number of nitrogens with zero attached hydrogens (tertiary/aromatic N) is 3. The molecule has 0 aliphatic heterocycles. The zero-order chi connectivity index (χ0) is 13.6. The molecule has 2 heterocycles. The zero-order valence-electron chi connectivity index (χ0n) is 10.7. The van der Waals surface area contributed by atoms with E-state index in [1.165, 1.54) is 0 Å². The van der Waals surface area contributed by atoms with Crippen molar-refractivity contribution in [2.24, 2.45) is 0 Å². The quantitative estimate of drug-likeness (QED) is 0.748. The molecular formula is C14H13BrN4. The number of aryl methyl sites for hydroxylation is 2. The Labute approximate surface area is 119 Å². The minimum absolute atomic E-state index is 0.450. The van der Waals surface area contributed by atoms with Crippen LogP contribution in [0.25, 0.3) is 16.9 Å². The van der Waals surface area contributed by atoms with Crippen molar-refractivity contribution in [3.63, 3.8) is 0 Å². The van der Waals surface area contributed by atoms with E-state index in [1.807, 2.05) is 36.6 Å². The van der Waals surface area contributed by atoms with Gasteiger partial charge in [-0.1, -0.05) is 15.9 Å². The molecule has 0 saturated heterocycles. The molecule has 0 fully saturated rings. The summed E-state index contributed by atoms with van der Waals surface area (Å²) in [5, 5.41) is 0. The summed E-state index contributed by atoms with van der Waals surface area (Å²) >= 11 is 3.51. The van der Waals surface area contributed by atoms with Crippen LogP contribution in [0.5, 0.6) is 0 Å². The fourth-order valence-electron chi connectivity index (χ4n) is 2.17. The van der Waals surface area contributed by atoms with Gasteiger partial charge in [-0.05, 0) is 49.7 Å². The van der Waals surface area contributed by atoms with Gasteiger partial charge in [0.15, 0.2) is 5.65 Å². The standard InChI is InChI=1S/C14H13BrN4/c1-8-5-10(15)7-11(6-8)19-13-12(18-14(19)16)4-3-9(2)17-13/h3-7H,1-2H3,(H2,16,18). The number of pyridine rings is 1. The van der Waals surface area contributed by atoms with Crippen LogP contribution in [-0.2, 0) is 0 Å². The van der Waals surface area contributed by atoms with E-state index in [0.717, 1.165) is 32.6 Å². The van der Waals surface area contributed by atoms with Crippen LogP contribution in [0.2, 0.25) is 0 Å². The summed E-state index contributed by atoms with van der Waals surface area (Å²) in [7, 11) is 0. The van der Waals surface area contributed by atoms with Gasteiger partial charge < -0.3 is 5.73 Å². The van der Waals surface area contributed by atoms with Crippen LogP contribution in [0, 0.1) is 13.8 Å². The third-order valence-corrected chi connectivity index (χ3v) is 3.41. The smallest absolute Gasteiger partial charge is 0.207 e. The number of nitrogens with two attached hydrogens (primary N) is 1. The summed E-state index contributed by atoms with van der Waals surface area (Å²) in [6.07, 6.45) is 0. The van der Waals surface area contributed by atoms with Gasteiger partial charge in [0.2, 0.25) is 5.95 Å². The maximum atomic E-state index is 6.03. The van der Waals surface area contributed by atoms with Crippen LogP contribution < -0.4 is 5.73 Å². The van der Waals surface area contributed by atoms with Gasteiger partial charge in [0.25, 0.3) is 0 Å². The van der Waals surface area contributed by atoms with E-state index in [0.29, 0.717) is 5.95 Å². The molecule has 5 heteroatoms. The molecule has 4 nitrogen and oxygen atoms in total. The number of fused-ring (bicyclic) bond motifs is 1. The molecule has 3 rings (SSSR count). The predicted octanol–water partition coefficient (Wildman–Crippen LogP) is 3.38. The number of hydrogen-bond acceptors (Lipinski definition) is 3. The van der Waals surface area contributed by atoms with Gasteiger partial charge in [0.1, 0.15) is 5.52 Å². The summed E-state index contributed by atoms with van der Waals surface area (Å²) in [4.78, 5) is 8.89. The molecule has 0 aliphatic carbocycles. The largest absolute Gasteiger partial charge is 0.369 e. The first kappa shape index (κ1) is 12.2. The van der Waals surface area contributed by atoms with Crippen molar-refractivity contribution in [3.8, 4) is 5.69 Å². The first-order chi connectivity index (χ1) is 9.04. The molecule has 0 aliphatic rings. The molecule has 3 aromatic rings. The molecule has 0 spiro atoms. The monoisotopic (exact) mass is 316 g/mol. The molecule has 0 atom stereocenters. The summed E-state index contributed by atoms with van der Waals surface area (Å²) < 4.78 is 2.89. The van der Waals surface area contributed by atoms with Gasteiger partial charge in [-0.2, -0.15) is 0 Å². The molecule has 0 bridgehead atoms. The second kappa shape index (κ2) is 4.35. The van der Waals surface area contributed by atoms with E-state index in [-0.39, 0.29) is 0 Å². The number of anilines is 1. The van der Waals surface area contributed by atoms with Crippen molar-refractivity contribution >= 4 is 33.0 Å². The van der Waals surface area contributed by atoms with Gasteiger partial charge in [-0.25, -0.2) is 9.97 Å². The Morgan fingerprint density at radius 1 is 1.11 bits per heavy atom. The number of aromatic nitrogens is 3. The Bertz CT molecular complexity index is 756. The predicted molar refractivity (Wildman–Crippen MR) is 80.5 cm³/mol. The van der Waals surface area contributed by atoms with E-state index in [1.54, 1.807) is 0 Å². The Hall–Kier alpha value is -1.88. The molecule has 0 radical (unpaired) electrons. The molecule has 0 saturated carbocycles. The Kier molecular flexibility index (Phi) is 2.78. The lowest BCUT2D eigenvalue weighted by atomic mass is 10.2. The average molecular weight is 317 g/mol. The number of nitrogen functional groups attached to an aromatic ring is 1. The highest BCUT2D eigenvalue weighted by Crippen LogP contribution is 2.25.